The highest BCUT2D eigenvalue weighted by molar-refractivity contribution is 5.93. The number of rotatable bonds is 5. The number of hydrogen-bond donors (Lipinski definition) is 2. The summed E-state index contributed by atoms with van der Waals surface area (Å²) in [5.41, 5.74) is 1.57. The van der Waals surface area contributed by atoms with E-state index in [-0.39, 0.29) is 18.4 Å². The summed E-state index contributed by atoms with van der Waals surface area (Å²) in [6, 6.07) is 11.5. The number of benzene rings is 1. The minimum absolute atomic E-state index is 0.130. The van der Waals surface area contributed by atoms with Crippen molar-refractivity contribution in [3.63, 3.8) is 0 Å². The molecular weight excluding hydrogens is 278 g/mol. The van der Waals surface area contributed by atoms with Crippen LogP contribution in [0.15, 0.2) is 36.4 Å². The molecule has 118 valence electrons. The monoisotopic (exact) mass is 301 g/mol. The second kappa shape index (κ2) is 6.32. The van der Waals surface area contributed by atoms with Gasteiger partial charge in [-0.15, -0.1) is 0 Å². The first-order valence-corrected chi connectivity index (χ1v) is 7.43. The van der Waals surface area contributed by atoms with E-state index in [0.29, 0.717) is 5.69 Å². The molecule has 0 unspecified atom stereocenters. The third-order valence-corrected chi connectivity index (χ3v) is 3.41. The molecule has 0 saturated carbocycles. The van der Waals surface area contributed by atoms with Crippen molar-refractivity contribution in [1.82, 2.24) is 15.1 Å². The zero-order valence-corrected chi connectivity index (χ0v) is 13.5. The van der Waals surface area contributed by atoms with Crippen molar-refractivity contribution < 1.29 is 9.90 Å². The molecule has 5 nitrogen and oxygen atoms in total. The Bertz CT molecular complexity index is 645. The van der Waals surface area contributed by atoms with E-state index in [0.717, 1.165) is 11.4 Å². The highest BCUT2D eigenvalue weighted by Gasteiger charge is 2.23. The smallest absolute Gasteiger partial charge is 0.272 e. The Morgan fingerprint density at radius 3 is 2.50 bits per heavy atom. The van der Waals surface area contributed by atoms with Crippen LogP contribution in [0.25, 0.3) is 5.69 Å². The van der Waals surface area contributed by atoms with E-state index >= 15 is 0 Å². The van der Waals surface area contributed by atoms with Crippen LogP contribution in [0.5, 0.6) is 0 Å². The Morgan fingerprint density at radius 2 is 1.95 bits per heavy atom. The highest BCUT2D eigenvalue weighted by atomic mass is 16.3. The molecular formula is C17H23N3O2. The van der Waals surface area contributed by atoms with Crippen molar-refractivity contribution in [1.29, 1.82) is 0 Å². The summed E-state index contributed by atoms with van der Waals surface area (Å²) >= 11 is 0. The molecule has 0 spiro atoms. The van der Waals surface area contributed by atoms with Crippen molar-refractivity contribution in [2.75, 3.05) is 6.61 Å². The number of amides is 1. The molecule has 0 aliphatic rings. The largest absolute Gasteiger partial charge is 0.394 e. The van der Waals surface area contributed by atoms with Crippen molar-refractivity contribution in [3.05, 3.63) is 47.8 Å². The highest BCUT2D eigenvalue weighted by Crippen LogP contribution is 2.20. The van der Waals surface area contributed by atoms with E-state index in [1.165, 1.54) is 0 Å². The quantitative estimate of drug-likeness (QED) is 0.891. The number of aromatic nitrogens is 2. The van der Waals surface area contributed by atoms with Crippen LogP contribution in [0.3, 0.4) is 0 Å². The first kappa shape index (κ1) is 16.2. The molecule has 1 aromatic carbocycles. The molecule has 1 amide bonds. The lowest BCUT2D eigenvalue weighted by molar-refractivity contribution is 0.0864. The molecule has 0 fully saturated rings. The standard InChI is InChI=1S/C17H23N3O2/c1-12(2)15-10-14(16(22)18-17(3,4)11-21)19-20(15)13-8-6-5-7-9-13/h5-10,12,21H,11H2,1-4H3,(H,18,22). The average molecular weight is 301 g/mol. The van der Waals surface area contributed by atoms with Crippen LogP contribution in [-0.2, 0) is 0 Å². The van der Waals surface area contributed by atoms with Gasteiger partial charge in [0.15, 0.2) is 5.69 Å². The number of aliphatic hydroxyl groups is 1. The van der Waals surface area contributed by atoms with Gasteiger partial charge in [0, 0.05) is 5.69 Å². The SMILES string of the molecule is CC(C)c1cc(C(=O)NC(C)(C)CO)nn1-c1ccccc1. The number of hydrogen-bond acceptors (Lipinski definition) is 3. The van der Waals surface area contributed by atoms with Gasteiger partial charge < -0.3 is 10.4 Å². The normalized spacial score (nSPS) is 11.7. The molecule has 0 radical (unpaired) electrons. The van der Waals surface area contributed by atoms with E-state index in [1.807, 2.05) is 30.3 Å². The summed E-state index contributed by atoms with van der Waals surface area (Å²) in [6.45, 7) is 7.53. The third-order valence-electron chi connectivity index (χ3n) is 3.41. The van der Waals surface area contributed by atoms with E-state index in [2.05, 4.69) is 24.3 Å². The minimum atomic E-state index is -0.675. The van der Waals surface area contributed by atoms with E-state index in [1.54, 1.807) is 24.6 Å². The fraction of sp³-hybridized carbons (Fsp3) is 0.412. The van der Waals surface area contributed by atoms with Crippen molar-refractivity contribution in [3.8, 4) is 5.69 Å². The fourth-order valence-corrected chi connectivity index (χ4v) is 2.10. The molecule has 0 atom stereocenters. The lowest BCUT2D eigenvalue weighted by Gasteiger charge is -2.22. The maximum atomic E-state index is 12.3. The Balaban J connectivity index is 2.38. The number of aliphatic hydroxyl groups excluding tert-OH is 1. The average Bonchev–Trinajstić information content (AvgIpc) is 2.93. The molecule has 22 heavy (non-hydrogen) atoms. The summed E-state index contributed by atoms with van der Waals surface area (Å²) in [7, 11) is 0. The van der Waals surface area contributed by atoms with Gasteiger partial charge in [0.25, 0.3) is 5.91 Å². The van der Waals surface area contributed by atoms with Crippen LogP contribution in [0, 0.1) is 0 Å². The van der Waals surface area contributed by atoms with Crippen molar-refractivity contribution in [2.45, 2.75) is 39.2 Å². The molecule has 0 aliphatic carbocycles. The second-order valence-corrected chi connectivity index (χ2v) is 6.35. The van der Waals surface area contributed by atoms with Crippen LogP contribution in [0.4, 0.5) is 0 Å². The summed E-state index contributed by atoms with van der Waals surface area (Å²) in [5, 5.41) is 16.5. The summed E-state index contributed by atoms with van der Waals surface area (Å²) < 4.78 is 1.80. The molecule has 5 heteroatoms. The lowest BCUT2D eigenvalue weighted by Crippen LogP contribution is -2.46. The van der Waals surface area contributed by atoms with E-state index in [9.17, 15) is 9.90 Å². The molecule has 2 N–H and O–H groups in total. The van der Waals surface area contributed by atoms with E-state index in [4.69, 9.17) is 0 Å². The van der Waals surface area contributed by atoms with Crippen molar-refractivity contribution >= 4 is 5.91 Å². The van der Waals surface area contributed by atoms with E-state index < -0.39 is 5.54 Å². The Kier molecular flexibility index (Phi) is 4.66. The maximum absolute atomic E-state index is 12.3. The second-order valence-electron chi connectivity index (χ2n) is 6.35. The zero-order chi connectivity index (χ0) is 16.3. The number of nitrogens with one attached hydrogen (secondary N) is 1. The van der Waals surface area contributed by atoms with Crippen LogP contribution in [-0.4, -0.2) is 32.9 Å². The number of carbonyl (C=O) groups is 1. The van der Waals surface area contributed by atoms with Gasteiger partial charge in [-0.25, -0.2) is 4.68 Å². The Labute approximate surface area is 131 Å². The molecule has 0 saturated heterocycles. The third kappa shape index (κ3) is 3.54. The molecule has 2 rings (SSSR count). The lowest BCUT2D eigenvalue weighted by atomic mass is 10.1. The molecule has 2 aromatic rings. The first-order valence-electron chi connectivity index (χ1n) is 7.43. The molecule has 0 aliphatic heterocycles. The zero-order valence-electron chi connectivity index (χ0n) is 13.5. The molecule has 1 heterocycles. The van der Waals surface area contributed by atoms with Gasteiger partial charge >= 0.3 is 0 Å². The van der Waals surface area contributed by atoms with Crippen LogP contribution in [0.2, 0.25) is 0 Å². The summed E-state index contributed by atoms with van der Waals surface area (Å²) in [6.07, 6.45) is 0. The number of para-hydroxylation sites is 1. The Morgan fingerprint density at radius 1 is 1.32 bits per heavy atom. The van der Waals surface area contributed by atoms with Gasteiger partial charge in [0.05, 0.1) is 17.8 Å². The molecule has 0 bridgehead atoms. The van der Waals surface area contributed by atoms with Crippen LogP contribution < -0.4 is 5.32 Å². The summed E-state index contributed by atoms with van der Waals surface area (Å²) in [4.78, 5) is 12.3. The fourth-order valence-electron chi connectivity index (χ4n) is 2.10. The predicted octanol–water partition coefficient (Wildman–Crippen LogP) is 2.50. The number of carbonyl (C=O) groups excluding carboxylic acids is 1. The minimum Gasteiger partial charge on any atom is -0.394 e. The Hall–Kier alpha value is -2.14. The van der Waals surface area contributed by atoms with Gasteiger partial charge in [0.2, 0.25) is 0 Å². The maximum Gasteiger partial charge on any atom is 0.272 e. The van der Waals surface area contributed by atoms with Crippen LogP contribution in [0.1, 0.15) is 49.8 Å². The van der Waals surface area contributed by atoms with Gasteiger partial charge in [-0.05, 0) is 38.0 Å². The van der Waals surface area contributed by atoms with Gasteiger partial charge in [-0.1, -0.05) is 32.0 Å². The molecule has 1 aromatic heterocycles. The first-order chi connectivity index (χ1) is 10.3. The predicted molar refractivity (Wildman–Crippen MR) is 86.3 cm³/mol. The topological polar surface area (TPSA) is 67.2 Å². The summed E-state index contributed by atoms with van der Waals surface area (Å²) in [5.74, 6) is -0.0456. The van der Waals surface area contributed by atoms with Crippen molar-refractivity contribution in [2.24, 2.45) is 0 Å². The van der Waals surface area contributed by atoms with Gasteiger partial charge in [0.1, 0.15) is 0 Å². The van der Waals surface area contributed by atoms with Gasteiger partial charge in [-0.3, -0.25) is 4.79 Å². The van der Waals surface area contributed by atoms with Crippen LogP contribution >= 0.6 is 0 Å². The van der Waals surface area contributed by atoms with Gasteiger partial charge in [-0.2, -0.15) is 5.10 Å². The number of nitrogens with zero attached hydrogens (tertiary/aromatic N) is 2.